The molecule has 2 aromatic carbocycles. The predicted molar refractivity (Wildman–Crippen MR) is 130 cm³/mol. The minimum absolute atomic E-state index is 0.0451. The number of aliphatic hydroxyl groups excluding tert-OH is 1. The molecule has 0 spiro atoms. The second kappa shape index (κ2) is 11.3. The molecule has 0 fully saturated rings. The predicted octanol–water partition coefficient (Wildman–Crippen LogP) is 3.90. The Hall–Kier alpha value is -2.93. The topological polar surface area (TPSA) is 74.8 Å². The van der Waals surface area contributed by atoms with Crippen molar-refractivity contribution in [2.75, 3.05) is 40.0 Å². The molecule has 6 nitrogen and oxygen atoms in total. The molecule has 0 saturated carbocycles. The van der Waals surface area contributed by atoms with Gasteiger partial charge in [0.2, 0.25) is 0 Å². The number of aryl methyl sites for hydroxylation is 1. The van der Waals surface area contributed by atoms with Crippen molar-refractivity contribution >= 4 is 22.9 Å². The van der Waals surface area contributed by atoms with E-state index in [0.717, 1.165) is 37.9 Å². The minimum Gasteiger partial charge on any atom is -0.466 e. The molecular formula is C27H32N2O4. The number of benzene rings is 2. The Morgan fingerprint density at radius 1 is 1.21 bits per heavy atom. The Balaban J connectivity index is 1.49. The summed E-state index contributed by atoms with van der Waals surface area (Å²) in [5.74, 6) is -0.347. The maximum Gasteiger partial charge on any atom is 0.330 e. The van der Waals surface area contributed by atoms with Gasteiger partial charge in [-0.05, 0) is 53.7 Å². The lowest BCUT2D eigenvalue weighted by Gasteiger charge is -2.29. The van der Waals surface area contributed by atoms with Crippen molar-refractivity contribution in [2.24, 2.45) is 0 Å². The molecule has 2 N–H and O–H groups in total. The molecule has 1 aliphatic carbocycles. The number of esters is 1. The fourth-order valence-corrected chi connectivity index (χ4v) is 4.70. The van der Waals surface area contributed by atoms with E-state index in [0.29, 0.717) is 19.3 Å². The smallest absolute Gasteiger partial charge is 0.330 e. The van der Waals surface area contributed by atoms with E-state index >= 15 is 0 Å². The van der Waals surface area contributed by atoms with Crippen molar-refractivity contribution in [1.82, 2.24) is 9.88 Å². The van der Waals surface area contributed by atoms with Crippen LogP contribution in [0.25, 0.3) is 17.0 Å². The van der Waals surface area contributed by atoms with E-state index in [9.17, 15) is 4.79 Å². The van der Waals surface area contributed by atoms with Gasteiger partial charge in [-0.1, -0.05) is 36.4 Å². The molecule has 6 heteroatoms. The zero-order valence-electron chi connectivity index (χ0n) is 19.1. The lowest BCUT2D eigenvalue weighted by atomic mass is 10.0. The van der Waals surface area contributed by atoms with Crippen LogP contribution in [0, 0.1) is 0 Å². The normalized spacial score (nSPS) is 15.5. The molecule has 1 aliphatic rings. The Morgan fingerprint density at radius 3 is 2.94 bits per heavy atom. The number of rotatable bonds is 11. The molecule has 33 heavy (non-hydrogen) atoms. The summed E-state index contributed by atoms with van der Waals surface area (Å²) in [6.45, 7) is 2.76. The van der Waals surface area contributed by atoms with Crippen LogP contribution >= 0.6 is 0 Å². The zero-order valence-corrected chi connectivity index (χ0v) is 19.1. The van der Waals surface area contributed by atoms with Crippen LogP contribution < -0.4 is 0 Å². The van der Waals surface area contributed by atoms with Crippen molar-refractivity contribution in [1.29, 1.82) is 0 Å². The first-order valence-corrected chi connectivity index (χ1v) is 11.6. The molecule has 0 saturated heterocycles. The highest BCUT2D eigenvalue weighted by molar-refractivity contribution is 5.87. The molecule has 4 rings (SSSR count). The van der Waals surface area contributed by atoms with Gasteiger partial charge in [0.15, 0.2) is 0 Å². The molecule has 0 bridgehead atoms. The Morgan fingerprint density at radius 2 is 2.09 bits per heavy atom. The maximum absolute atomic E-state index is 11.4. The average molecular weight is 449 g/mol. The number of aromatic amines is 1. The van der Waals surface area contributed by atoms with E-state index in [4.69, 9.17) is 14.6 Å². The van der Waals surface area contributed by atoms with Gasteiger partial charge in [0.1, 0.15) is 0 Å². The molecule has 0 amide bonds. The molecule has 0 aliphatic heterocycles. The van der Waals surface area contributed by atoms with Crippen LogP contribution in [0.15, 0.2) is 54.7 Å². The van der Waals surface area contributed by atoms with E-state index in [-0.39, 0.29) is 12.6 Å². The number of carbonyl (C=O) groups is 1. The lowest BCUT2D eigenvalue weighted by Crippen LogP contribution is -2.33. The van der Waals surface area contributed by atoms with Crippen LogP contribution in [0.4, 0.5) is 0 Å². The van der Waals surface area contributed by atoms with E-state index in [1.165, 1.54) is 40.8 Å². The second-order valence-electron chi connectivity index (χ2n) is 8.35. The SMILES string of the molecule is COC(=O)C=Cc1ccc2c(c1)CCC2N(CCOCCO)CCc1c[nH]c2ccccc12. The van der Waals surface area contributed by atoms with Crippen molar-refractivity contribution < 1.29 is 19.4 Å². The second-order valence-corrected chi connectivity index (χ2v) is 8.35. The molecule has 1 aromatic heterocycles. The number of hydrogen-bond acceptors (Lipinski definition) is 5. The van der Waals surface area contributed by atoms with E-state index < -0.39 is 0 Å². The molecule has 3 aromatic rings. The summed E-state index contributed by atoms with van der Waals surface area (Å²) in [4.78, 5) is 17.3. The van der Waals surface area contributed by atoms with Gasteiger partial charge in [-0.15, -0.1) is 0 Å². The number of fused-ring (bicyclic) bond motifs is 2. The van der Waals surface area contributed by atoms with Gasteiger partial charge in [-0.2, -0.15) is 0 Å². The average Bonchev–Trinajstić information content (AvgIpc) is 3.46. The minimum atomic E-state index is -0.347. The van der Waals surface area contributed by atoms with Gasteiger partial charge in [-0.25, -0.2) is 4.79 Å². The summed E-state index contributed by atoms with van der Waals surface area (Å²) >= 11 is 0. The van der Waals surface area contributed by atoms with Crippen LogP contribution in [0.1, 0.15) is 34.7 Å². The van der Waals surface area contributed by atoms with Crippen LogP contribution in [0.2, 0.25) is 0 Å². The Labute approximate surface area is 194 Å². The number of nitrogens with zero attached hydrogens (tertiary/aromatic N) is 1. The van der Waals surface area contributed by atoms with E-state index in [1.54, 1.807) is 6.08 Å². The molecule has 1 unspecified atom stereocenters. The fourth-order valence-electron chi connectivity index (χ4n) is 4.70. The summed E-state index contributed by atoms with van der Waals surface area (Å²) in [6, 6.07) is 15.2. The number of methoxy groups -OCH3 is 1. The summed E-state index contributed by atoms with van der Waals surface area (Å²) in [5, 5.41) is 10.3. The van der Waals surface area contributed by atoms with Crippen LogP contribution in [0.5, 0.6) is 0 Å². The van der Waals surface area contributed by atoms with Crippen LogP contribution in [-0.4, -0.2) is 61.0 Å². The lowest BCUT2D eigenvalue weighted by molar-refractivity contribution is -0.134. The number of H-pyrrole nitrogens is 1. The Bertz CT molecular complexity index is 1100. The quantitative estimate of drug-likeness (QED) is 0.264. The number of carbonyl (C=O) groups excluding carboxylic acids is 1. The largest absolute Gasteiger partial charge is 0.466 e. The first kappa shape index (κ1) is 23.2. The highest BCUT2D eigenvalue weighted by Gasteiger charge is 2.28. The summed E-state index contributed by atoms with van der Waals surface area (Å²) in [5.41, 5.74) is 6.19. The van der Waals surface area contributed by atoms with Crippen LogP contribution in [0.3, 0.4) is 0 Å². The van der Waals surface area contributed by atoms with Gasteiger partial charge >= 0.3 is 5.97 Å². The first-order valence-electron chi connectivity index (χ1n) is 11.6. The highest BCUT2D eigenvalue weighted by atomic mass is 16.5. The van der Waals surface area contributed by atoms with Gasteiger partial charge in [0, 0.05) is 42.3 Å². The third-order valence-electron chi connectivity index (χ3n) is 6.37. The third-order valence-corrected chi connectivity index (χ3v) is 6.37. The molecular weight excluding hydrogens is 416 g/mol. The van der Waals surface area contributed by atoms with Gasteiger partial charge in [0.05, 0.1) is 26.9 Å². The van der Waals surface area contributed by atoms with E-state index in [2.05, 4.69) is 58.5 Å². The van der Waals surface area contributed by atoms with Gasteiger partial charge < -0.3 is 19.6 Å². The number of aromatic nitrogens is 1. The standard InChI is InChI=1S/C27H32N2O4/c1-32-27(31)11-7-20-6-9-24-21(18-20)8-10-26(24)29(14-16-33-17-15-30)13-12-22-19-28-25-5-3-2-4-23(22)25/h2-7,9,11,18-19,26,28,30H,8,10,12-17H2,1H3. The highest BCUT2D eigenvalue weighted by Crippen LogP contribution is 2.36. The van der Waals surface area contributed by atoms with Crippen molar-refractivity contribution in [3.63, 3.8) is 0 Å². The van der Waals surface area contributed by atoms with Crippen molar-refractivity contribution in [2.45, 2.75) is 25.3 Å². The summed E-state index contributed by atoms with van der Waals surface area (Å²) < 4.78 is 10.3. The van der Waals surface area contributed by atoms with Gasteiger partial charge in [-0.3, -0.25) is 4.90 Å². The summed E-state index contributed by atoms with van der Waals surface area (Å²) in [6.07, 6.45) is 8.41. The van der Waals surface area contributed by atoms with Gasteiger partial charge in [0.25, 0.3) is 0 Å². The summed E-state index contributed by atoms with van der Waals surface area (Å²) in [7, 11) is 1.38. The number of hydrogen-bond donors (Lipinski definition) is 2. The van der Waals surface area contributed by atoms with E-state index in [1.807, 2.05) is 0 Å². The monoisotopic (exact) mass is 448 g/mol. The van der Waals surface area contributed by atoms with Crippen molar-refractivity contribution in [3.8, 4) is 0 Å². The number of aliphatic hydroxyl groups is 1. The maximum atomic E-state index is 11.4. The molecule has 1 heterocycles. The van der Waals surface area contributed by atoms with Crippen LogP contribution in [-0.2, 0) is 27.1 Å². The fraction of sp³-hybridized carbons (Fsp3) is 0.370. The number of ether oxygens (including phenoxy) is 2. The number of nitrogens with one attached hydrogen (secondary N) is 1. The zero-order chi connectivity index (χ0) is 23.0. The molecule has 0 radical (unpaired) electrons. The Kier molecular flexibility index (Phi) is 7.94. The molecule has 1 atom stereocenters. The molecule has 174 valence electrons. The van der Waals surface area contributed by atoms with Crippen molar-refractivity contribution in [3.05, 3.63) is 77.0 Å². The first-order chi connectivity index (χ1) is 16.2. The number of para-hydroxylation sites is 1. The third kappa shape index (κ3) is 5.71.